The Labute approximate surface area is 171 Å². The Bertz CT molecular complexity index is 764. The molecule has 1 aromatic carbocycles. The maximum atomic E-state index is 12.8. The number of hydrogen-bond acceptors (Lipinski definition) is 4. The molecule has 3 amide bonds. The third-order valence-electron chi connectivity index (χ3n) is 6.13. The molecule has 7 nitrogen and oxygen atoms in total. The second-order valence-electron chi connectivity index (χ2n) is 8.11. The zero-order chi connectivity index (χ0) is 20.2. The van der Waals surface area contributed by atoms with Gasteiger partial charge in [0.2, 0.25) is 11.8 Å². The normalized spacial score (nSPS) is 22.5. The molecule has 3 fully saturated rings. The van der Waals surface area contributed by atoms with Gasteiger partial charge in [0.05, 0.1) is 0 Å². The van der Waals surface area contributed by atoms with Crippen molar-refractivity contribution in [2.45, 2.75) is 51.0 Å². The summed E-state index contributed by atoms with van der Waals surface area (Å²) in [5, 5.41) is 0. The minimum atomic E-state index is -0.0276. The molecule has 1 aromatic rings. The van der Waals surface area contributed by atoms with Gasteiger partial charge in [-0.2, -0.15) is 0 Å². The van der Waals surface area contributed by atoms with E-state index in [1.807, 2.05) is 34.1 Å². The molecule has 0 N–H and O–H groups in total. The van der Waals surface area contributed by atoms with E-state index in [9.17, 15) is 14.4 Å². The first-order chi connectivity index (χ1) is 14.1. The van der Waals surface area contributed by atoms with Gasteiger partial charge in [-0.1, -0.05) is 0 Å². The first-order valence-electron chi connectivity index (χ1n) is 10.7. The van der Waals surface area contributed by atoms with Crippen molar-refractivity contribution in [1.29, 1.82) is 0 Å². The van der Waals surface area contributed by atoms with Crippen LogP contribution < -0.4 is 9.64 Å². The van der Waals surface area contributed by atoms with Crippen LogP contribution >= 0.6 is 0 Å². The number of amides is 3. The van der Waals surface area contributed by atoms with E-state index in [1.165, 1.54) is 0 Å². The van der Waals surface area contributed by atoms with Gasteiger partial charge in [-0.15, -0.1) is 0 Å². The van der Waals surface area contributed by atoms with Crippen molar-refractivity contribution in [1.82, 2.24) is 9.80 Å². The topological polar surface area (TPSA) is 70.2 Å². The summed E-state index contributed by atoms with van der Waals surface area (Å²) >= 11 is 0. The number of carbonyl (C=O) groups is 3. The molecule has 7 heteroatoms. The van der Waals surface area contributed by atoms with Crippen LogP contribution in [0.25, 0.3) is 0 Å². The summed E-state index contributed by atoms with van der Waals surface area (Å²) in [5.74, 6) is 0.953. The van der Waals surface area contributed by atoms with Crippen molar-refractivity contribution in [2.75, 3.05) is 37.7 Å². The molecule has 0 aliphatic carbocycles. The van der Waals surface area contributed by atoms with Gasteiger partial charge in [-0.05, 0) is 56.4 Å². The predicted octanol–water partition coefficient (Wildman–Crippen LogP) is 2.20. The molecule has 3 saturated heterocycles. The Balaban J connectivity index is 1.31. The van der Waals surface area contributed by atoms with Crippen molar-refractivity contribution >= 4 is 23.4 Å². The fourth-order valence-electron chi connectivity index (χ4n) is 4.54. The molecule has 4 rings (SSSR count). The van der Waals surface area contributed by atoms with Gasteiger partial charge in [-0.25, -0.2) is 0 Å². The summed E-state index contributed by atoms with van der Waals surface area (Å²) in [6, 6.07) is 7.44. The SMILES string of the molecule is O=C1CCCN1CC1CCCCN1C(=O)COc1ccc(N2CCCC2=O)cc1. The molecule has 29 heavy (non-hydrogen) atoms. The van der Waals surface area contributed by atoms with Crippen molar-refractivity contribution in [3.63, 3.8) is 0 Å². The average Bonchev–Trinajstić information content (AvgIpc) is 3.35. The number of benzene rings is 1. The molecule has 0 radical (unpaired) electrons. The zero-order valence-corrected chi connectivity index (χ0v) is 16.8. The molecule has 3 aliphatic heterocycles. The van der Waals surface area contributed by atoms with Gasteiger partial charge >= 0.3 is 0 Å². The van der Waals surface area contributed by atoms with E-state index in [0.29, 0.717) is 25.1 Å². The van der Waals surface area contributed by atoms with Crippen LogP contribution in [0.3, 0.4) is 0 Å². The lowest BCUT2D eigenvalue weighted by molar-refractivity contribution is -0.139. The number of hydrogen-bond donors (Lipinski definition) is 0. The van der Waals surface area contributed by atoms with Crippen molar-refractivity contribution in [3.05, 3.63) is 24.3 Å². The van der Waals surface area contributed by atoms with E-state index in [2.05, 4.69) is 0 Å². The van der Waals surface area contributed by atoms with Gasteiger partial charge in [0.25, 0.3) is 5.91 Å². The Morgan fingerprint density at radius 3 is 2.38 bits per heavy atom. The number of piperidine rings is 1. The molecule has 3 heterocycles. The summed E-state index contributed by atoms with van der Waals surface area (Å²) in [7, 11) is 0. The van der Waals surface area contributed by atoms with E-state index < -0.39 is 0 Å². The highest BCUT2D eigenvalue weighted by molar-refractivity contribution is 5.95. The molecule has 3 aliphatic rings. The highest BCUT2D eigenvalue weighted by atomic mass is 16.5. The van der Waals surface area contributed by atoms with Crippen LogP contribution in [0.5, 0.6) is 5.75 Å². The van der Waals surface area contributed by atoms with Crippen LogP contribution in [0.4, 0.5) is 5.69 Å². The fraction of sp³-hybridized carbons (Fsp3) is 0.591. The largest absolute Gasteiger partial charge is 0.484 e. The van der Waals surface area contributed by atoms with E-state index >= 15 is 0 Å². The van der Waals surface area contributed by atoms with Crippen molar-refractivity contribution in [3.8, 4) is 5.75 Å². The summed E-state index contributed by atoms with van der Waals surface area (Å²) in [6.45, 7) is 2.92. The number of nitrogens with zero attached hydrogens (tertiary/aromatic N) is 3. The third-order valence-corrected chi connectivity index (χ3v) is 6.13. The smallest absolute Gasteiger partial charge is 0.260 e. The Hall–Kier alpha value is -2.57. The van der Waals surface area contributed by atoms with Gasteiger partial charge in [0.15, 0.2) is 6.61 Å². The van der Waals surface area contributed by atoms with Crippen LogP contribution in [-0.2, 0) is 14.4 Å². The van der Waals surface area contributed by atoms with Crippen LogP contribution in [0.15, 0.2) is 24.3 Å². The van der Waals surface area contributed by atoms with E-state index in [1.54, 1.807) is 4.90 Å². The second-order valence-corrected chi connectivity index (χ2v) is 8.11. The second kappa shape index (κ2) is 8.84. The van der Waals surface area contributed by atoms with Gasteiger partial charge in [0, 0.05) is 50.7 Å². The Morgan fingerprint density at radius 2 is 1.69 bits per heavy atom. The van der Waals surface area contributed by atoms with E-state index in [-0.39, 0.29) is 30.4 Å². The number of carbonyl (C=O) groups excluding carboxylic acids is 3. The molecule has 0 bridgehead atoms. The first-order valence-corrected chi connectivity index (χ1v) is 10.7. The summed E-state index contributed by atoms with van der Waals surface area (Å²) in [6.07, 6.45) is 6.07. The molecule has 1 atom stereocenters. The van der Waals surface area contributed by atoms with Crippen LogP contribution in [0.2, 0.25) is 0 Å². The van der Waals surface area contributed by atoms with Crippen LogP contribution in [0.1, 0.15) is 44.9 Å². The lowest BCUT2D eigenvalue weighted by atomic mass is 10.0. The maximum Gasteiger partial charge on any atom is 0.260 e. The summed E-state index contributed by atoms with van der Waals surface area (Å²) in [4.78, 5) is 42.2. The fourth-order valence-corrected chi connectivity index (χ4v) is 4.54. The molecule has 1 unspecified atom stereocenters. The average molecular weight is 399 g/mol. The van der Waals surface area contributed by atoms with Crippen molar-refractivity contribution < 1.29 is 19.1 Å². The highest BCUT2D eigenvalue weighted by Gasteiger charge is 2.31. The maximum absolute atomic E-state index is 12.8. The Morgan fingerprint density at radius 1 is 0.931 bits per heavy atom. The molecular weight excluding hydrogens is 370 g/mol. The highest BCUT2D eigenvalue weighted by Crippen LogP contribution is 2.25. The predicted molar refractivity (Wildman–Crippen MR) is 109 cm³/mol. The van der Waals surface area contributed by atoms with Gasteiger partial charge in [0.1, 0.15) is 5.75 Å². The first kappa shape index (κ1) is 19.7. The molecule has 0 saturated carbocycles. The number of ether oxygens (including phenoxy) is 1. The monoisotopic (exact) mass is 399 g/mol. The number of likely N-dealkylation sites (tertiary alicyclic amines) is 2. The molecule has 0 spiro atoms. The molecular formula is C22H29N3O4. The standard InChI is InChI=1S/C22H29N3O4/c26-20-6-3-12-23(20)15-18-5-1-2-13-25(18)22(28)16-29-19-10-8-17(9-11-19)24-14-4-7-21(24)27/h8-11,18H,1-7,12-16H2. The lowest BCUT2D eigenvalue weighted by Crippen LogP contribution is -2.51. The third kappa shape index (κ3) is 4.54. The van der Waals surface area contributed by atoms with E-state index in [4.69, 9.17) is 4.74 Å². The molecule has 0 aromatic heterocycles. The molecule has 156 valence electrons. The summed E-state index contributed by atoms with van der Waals surface area (Å²) < 4.78 is 5.73. The van der Waals surface area contributed by atoms with E-state index in [0.717, 1.165) is 57.4 Å². The lowest BCUT2D eigenvalue weighted by Gasteiger charge is -2.37. The van der Waals surface area contributed by atoms with Gasteiger partial charge < -0.3 is 19.4 Å². The minimum Gasteiger partial charge on any atom is -0.484 e. The summed E-state index contributed by atoms with van der Waals surface area (Å²) in [5.41, 5.74) is 0.873. The number of rotatable bonds is 6. The quantitative estimate of drug-likeness (QED) is 0.735. The number of anilines is 1. The van der Waals surface area contributed by atoms with Gasteiger partial charge in [-0.3, -0.25) is 14.4 Å². The van der Waals surface area contributed by atoms with Crippen LogP contribution in [0, 0.1) is 0 Å². The zero-order valence-electron chi connectivity index (χ0n) is 16.8. The van der Waals surface area contributed by atoms with Crippen LogP contribution in [-0.4, -0.2) is 66.3 Å². The Kier molecular flexibility index (Phi) is 6.02. The minimum absolute atomic E-state index is 0.00750. The van der Waals surface area contributed by atoms with Crippen molar-refractivity contribution in [2.24, 2.45) is 0 Å².